The number of hydrogen-bond acceptors (Lipinski definition) is 3. The predicted molar refractivity (Wildman–Crippen MR) is 43.9 cm³/mol. The number of hydrogen-bond donors (Lipinski definition) is 1. The Kier molecular flexibility index (Phi) is 2.38. The van der Waals surface area contributed by atoms with Gasteiger partial charge in [-0.25, -0.2) is 4.39 Å². The van der Waals surface area contributed by atoms with Crippen LogP contribution in [0.25, 0.3) is 0 Å². The number of benzene rings is 1. The van der Waals surface area contributed by atoms with Gasteiger partial charge in [0.05, 0.1) is 14.2 Å². The molecule has 0 atom stereocenters. The van der Waals surface area contributed by atoms with Gasteiger partial charge in [0.1, 0.15) is 11.4 Å². The summed E-state index contributed by atoms with van der Waals surface area (Å²) in [6.07, 6.45) is 0. The van der Waals surface area contributed by atoms with Crippen LogP contribution >= 0.6 is 0 Å². The van der Waals surface area contributed by atoms with E-state index in [4.69, 9.17) is 15.2 Å². The summed E-state index contributed by atoms with van der Waals surface area (Å²) in [5, 5.41) is 0. The summed E-state index contributed by atoms with van der Waals surface area (Å²) >= 11 is 0. The molecule has 0 aliphatic heterocycles. The van der Waals surface area contributed by atoms with Crippen molar-refractivity contribution >= 4 is 5.69 Å². The number of rotatable bonds is 2. The van der Waals surface area contributed by atoms with Gasteiger partial charge in [0, 0.05) is 0 Å². The average Bonchev–Trinajstić information content (AvgIpc) is 2.10. The maximum Gasteiger partial charge on any atom is 0.191 e. The first-order chi connectivity index (χ1) is 5.70. The fourth-order valence-electron chi connectivity index (χ4n) is 0.891. The van der Waals surface area contributed by atoms with Crippen molar-refractivity contribution in [2.45, 2.75) is 0 Å². The van der Waals surface area contributed by atoms with Crippen molar-refractivity contribution in [1.29, 1.82) is 0 Å². The van der Waals surface area contributed by atoms with Gasteiger partial charge >= 0.3 is 0 Å². The van der Waals surface area contributed by atoms with Gasteiger partial charge in [-0.15, -0.1) is 0 Å². The Labute approximate surface area is 69.9 Å². The van der Waals surface area contributed by atoms with E-state index in [1.54, 1.807) is 6.07 Å². The first kappa shape index (κ1) is 8.64. The SMILES string of the molecule is COc1ccc(OC)c(F)c1N. The molecule has 0 fully saturated rings. The summed E-state index contributed by atoms with van der Waals surface area (Å²) in [4.78, 5) is 0. The van der Waals surface area contributed by atoms with Crippen molar-refractivity contribution in [2.24, 2.45) is 0 Å². The number of methoxy groups -OCH3 is 2. The summed E-state index contributed by atoms with van der Waals surface area (Å²) in [6, 6.07) is 3.02. The molecule has 2 N–H and O–H groups in total. The molecule has 0 saturated carbocycles. The van der Waals surface area contributed by atoms with Gasteiger partial charge in [0.15, 0.2) is 11.6 Å². The minimum absolute atomic E-state index is 0.0307. The third kappa shape index (κ3) is 1.28. The largest absolute Gasteiger partial charge is 0.494 e. The van der Waals surface area contributed by atoms with E-state index in [0.29, 0.717) is 5.75 Å². The zero-order valence-corrected chi connectivity index (χ0v) is 6.93. The summed E-state index contributed by atoms with van der Waals surface area (Å²) in [5.74, 6) is -0.154. The van der Waals surface area contributed by atoms with E-state index in [1.165, 1.54) is 20.3 Å². The third-order valence-corrected chi connectivity index (χ3v) is 1.54. The number of nitrogens with two attached hydrogens (primary N) is 1. The Morgan fingerprint density at radius 2 is 1.67 bits per heavy atom. The van der Waals surface area contributed by atoms with Crippen LogP contribution in [0, 0.1) is 5.82 Å². The predicted octanol–water partition coefficient (Wildman–Crippen LogP) is 1.43. The molecule has 0 saturated heterocycles. The molecule has 0 spiro atoms. The van der Waals surface area contributed by atoms with E-state index >= 15 is 0 Å². The molecule has 66 valence electrons. The first-order valence-corrected chi connectivity index (χ1v) is 3.36. The zero-order chi connectivity index (χ0) is 9.14. The summed E-state index contributed by atoms with van der Waals surface area (Å²) in [6.45, 7) is 0. The van der Waals surface area contributed by atoms with E-state index in [1.807, 2.05) is 0 Å². The molecule has 12 heavy (non-hydrogen) atoms. The molecule has 1 aromatic carbocycles. The van der Waals surface area contributed by atoms with Crippen molar-refractivity contribution in [3.05, 3.63) is 17.9 Å². The lowest BCUT2D eigenvalue weighted by Crippen LogP contribution is -1.98. The Morgan fingerprint density at radius 3 is 2.17 bits per heavy atom. The second-order valence-corrected chi connectivity index (χ2v) is 2.20. The number of ether oxygens (including phenoxy) is 2. The van der Waals surface area contributed by atoms with Crippen LogP contribution in [-0.4, -0.2) is 14.2 Å². The normalized spacial score (nSPS) is 9.58. The lowest BCUT2D eigenvalue weighted by molar-refractivity contribution is 0.379. The molecular weight excluding hydrogens is 161 g/mol. The molecule has 0 amide bonds. The van der Waals surface area contributed by atoms with E-state index in [0.717, 1.165) is 0 Å². The second-order valence-electron chi connectivity index (χ2n) is 2.20. The number of halogens is 1. The summed E-state index contributed by atoms with van der Waals surface area (Å²) in [5.41, 5.74) is 5.36. The lowest BCUT2D eigenvalue weighted by Gasteiger charge is -2.07. The van der Waals surface area contributed by atoms with E-state index in [-0.39, 0.29) is 11.4 Å². The highest BCUT2D eigenvalue weighted by atomic mass is 19.1. The van der Waals surface area contributed by atoms with Gasteiger partial charge in [-0.05, 0) is 12.1 Å². The van der Waals surface area contributed by atoms with Crippen LogP contribution in [-0.2, 0) is 0 Å². The first-order valence-electron chi connectivity index (χ1n) is 3.36. The lowest BCUT2D eigenvalue weighted by atomic mass is 10.2. The minimum atomic E-state index is -0.586. The molecular formula is C8H10FNO2. The molecule has 0 aliphatic rings. The fourth-order valence-corrected chi connectivity index (χ4v) is 0.891. The molecule has 0 radical (unpaired) electrons. The quantitative estimate of drug-likeness (QED) is 0.684. The molecule has 0 aliphatic carbocycles. The molecule has 3 nitrogen and oxygen atoms in total. The van der Waals surface area contributed by atoms with Gasteiger partial charge in [-0.3, -0.25) is 0 Å². The Balaban J connectivity index is 3.20. The molecule has 4 heteroatoms. The van der Waals surface area contributed by atoms with E-state index in [9.17, 15) is 4.39 Å². The van der Waals surface area contributed by atoms with Crippen molar-refractivity contribution < 1.29 is 13.9 Å². The number of anilines is 1. The Morgan fingerprint density at radius 1 is 1.17 bits per heavy atom. The van der Waals surface area contributed by atoms with Crippen molar-refractivity contribution in [3.8, 4) is 11.5 Å². The molecule has 1 rings (SSSR count). The minimum Gasteiger partial charge on any atom is -0.494 e. The molecule has 1 aromatic rings. The fraction of sp³-hybridized carbons (Fsp3) is 0.250. The summed E-state index contributed by atoms with van der Waals surface area (Å²) in [7, 11) is 2.81. The van der Waals surface area contributed by atoms with Crippen LogP contribution in [0.1, 0.15) is 0 Å². The highest BCUT2D eigenvalue weighted by molar-refractivity contribution is 5.57. The number of nitrogen functional groups attached to an aromatic ring is 1. The van der Waals surface area contributed by atoms with E-state index in [2.05, 4.69) is 0 Å². The van der Waals surface area contributed by atoms with Crippen molar-refractivity contribution in [2.75, 3.05) is 20.0 Å². The maximum absolute atomic E-state index is 13.1. The molecule has 0 bridgehead atoms. The van der Waals surface area contributed by atoms with Crippen molar-refractivity contribution in [3.63, 3.8) is 0 Å². The van der Waals surface area contributed by atoms with Gasteiger partial charge in [0.25, 0.3) is 0 Å². The van der Waals surface area contributed by atoms with Gasteiger partial charge in [-0.2, -0.15) is 0 Å². The Hall–Kier alpha value is -1.45. The van der Waals surface area contributed by atoms with Crippen LogP contribution in [0.4, 0.5) is 10.1 Å². The smallest absolute Gasteiger partial charge is 0.191 e. The van der Waals surface area contributed by atoms with Gasteiger partial charge in [0.2, 0.25) is 0 Å². The monoisotopic (exact) mass is 171 g/mol. The van der Waals surface area contributed by atoms with Crippen LogP contribution in [0.3, 0.4) is 0 Å². The Bertz CT molecular complexity index is 260. The van der Waals surface area contributed by atoms with Crippen LogP contribution in [0.5, 0.6) is 11.5 Å². The van der Waals surface area contributed by atoms with Gasteiger partial charge in [-0.1, -0.05) is 0 Å². The zero-order valence-electron chi connectivity index (χ0n) is 6.93. The standard InChI is InChI=1S/C8H10FNO2/c1-11-5-3-4-6(12-2)8(10)7(5)9/h3-4H,10H2,1-2H3. The van der Waals surface area contributed by atoms with Crippen LogP contribution in [0.2, 0.25) is 0 Å². The average molecular weight is 171 g/mol. The molecule has 0 unspecified atom stereocenters. The topological polar surface area (TPSA) is 44.5 Å². The second kappa shape index (κ2) is 3.30. The van der Waals surface area contributed by atoms with E-state index < -0.39 is 5.82 Å². The highest BCUT2D eigenvalue weighted by Crippen LogP contribution is 2.30. The molecule has 0 heterocycles. The van der Waals surface area contributed by atoms with Gasteiger partial charge < -0.3 is 15.2 Å². The highest BCUT2D eigenvalue weighted by Gasteiger charge is 2.10. The maximum atomic E-state index is 13.1. The molecule has 0 aromatic heterocycles. The van der Waals surface area contributed by atoms with Crippen LogP contribution < -0.4 is 15.2 Å². The van der Waals surface area contributed by atoms with Crippen molar-refractivity contribution in [1.82, 2.24) is 0 Å². The third-order valence-electron chi connectivity index (χ3n) is 1.54. The summed E-state index contributed by atoms with van der Waals surface area (Å²) < 4.78 is 22.6. The van der Waals surface area contributed by atoms with Crippen LogP contribution in [0.15, 0.2) is 12.1 Å².